The Kier molecular flexibility index (Phi) is 6.85. The highest BCUT2D eigenvalue weighted by atomic mass is 32.2. The van der Waals surface area contributed by atoms with Crippen LogP contribution >= 0.6 is 0 Å². The van der Waals surface area contributed by atoms with Crippen molar-refractivity contribution in [3.05, 3.63) is 0 Å². The van der Waals surface area contributed by atoms with E-state index in [1.165, 1.54) is 12.8 Å². The second-order valence-electron chi connectivity index (χ2n) is 7.26. The first-order valence-corrected chi connectivity index (χ1v) is 10.5. The van der Waals surface area contributed by atoms with Gasteiger partial charge in [0.25, 0.3) is 0 Å². The summed E-state index contributed by atoms with van der Waals surface area (Å²) in [5.41, 5.74) is 5.81. The zero-order valence-corrected chi connectivity index (χ0v) is 14.8. The Balaban J connectivity index is 1.66. The fourth-order valence-corrected chi connectivity index (χ4v) is 4.50. The molecule has 134 valence electrons. The molecule has 0 unspecified atom stereocenters. The molecule has 1 amide bonds. The minimum Gasteiger partial charge on any atom is -0.355 e. The summed E-state index contributed by atoms with van der Waals surface area (Å²) in [6.45, 7) is 1.23. The third kappa shape index (κ3) is 6.04. The van der Waals surface area contributed by atoms with Crippen molar-refractivity contribution in [3.8, 4) is 0 Å². The second kappa shape index (κ2) is 8.44. The van der Waals surface area contributed by atoms with E-state index in [9.17, 15) is 13.2 Å². The first kappa shape index (κ1) is 18.7. The molecule has 2 fully saturated rings. The van der Waals surface area contributed by atoms with E-state index in [2.05, 4.69) is 10.0 Å². The lowest BCUT2D eigenvalue weighted by Gasteiger charge is -2.35. The molecule has 2 rings (SSSR count). The van der Waals surface area contributed by atoms with Crippen molar-refractivity contribution in [2.45, 2.75) is 57.8 Å². The topological polar surface area (TPSA) is 101 Å². The molecule has 0 heterocycles. The summed E-state index contributed by atoms with van der Waals surface area (Å²) in [4.78, 5) is 12.1. The van der Waals surface area contributed by atoms with Crippen LogP contribution in [0, 0.1) is 11.3 Å². The molecule has 0 aromatic heterocycles. The predicted octanol–water partition coefficient (Wildman–Crippen LogP) is 1.12. The van der Waals surface area contributed by atoms with Gasteiger partial charge in [0.05, 0.1) is 5.75 Å². The van der Waals surface area contributed by atoms with Gasteiger partial charge in [-0.1, -0.05) is 25.7 Å². The highest BCUT2D eigenvalue weighted by Crippen LogP contribution is 2.38. The monoisotopic (exact) mass is 345 g/mol. The van der Waals surface area contributed by atoms with Crippen LogP contribution in [0.4, 0.5) is 0 Å². The third-order valence-corrected chi connectivity index (χ3v) is 6.74. The van der Waals surface area contributed by atoms with Gasteiger partial charge in [-0.2, -0.15) is 0 Å². The zero-order chi connectivity index (χ0) is 16.8. The number of hydrogen-bond donors (Lipinski definition) is 3. The number of rotatable bonds is 9. The first-order chi connectivity index (χ1) is 10.9. The normalized spacial score (nSPS) is 21.6. The minimum absolute atomic E-state index is 0.0545. The van der Waals surface area contributed by atoms with Crippen LogP contribution in [0.1, 0.15) is 57.8 Å². The van der Waals surface area contributed by atoms with Crippen molar-refractivity contribution in [2.75, 3.05) is 25.4 Å². The van der Waals surface area contributed by atoms with Crippen LogP contribution in [-0.4, -0.2) is 39.7 Å². The number of amides is 1. The van der Waals surface area contributed by atoms with Crippen LogP contribution in [0.5, 0.6) is 0 Å². The number of nitrogens with one attached hydrogen (secondary N) is 2. The van der Waals surface area contributed by atoms with Gasteiger partial charge in [0.2, 0.25) is 15.9 Å². The van der Waals surface area contributed by atoms with Crippen LogP contribution in [-0.2, 0) is 14.8 Å². The highest BCUT2D eigenvalue weighted by molar-refractivity contribution is 7.89. The summed E-state index contributed by atoms with van der Waals surface area (Å²) in [5.74, 6) is 0.364. The molecule has 0 saturated heterocycles. The zero-order valence-electron chi connectivity index (χ0n) is 14.0. The first-order valence-electron chi connectivity index (χ1n) is 8.89. The fourth-order valence-electron chi connectivity index (χ4n) is 3.50. The van der Waals surface area contributed by atoms with E-state index in [0.29, 0.717) is 25.4 Å². The molecule has 0 aliphatic heterocycles. The summed E-state index contributed by atoms with van der Waals surface area (Å²) in [7, 11) is -3.29. The number of carbonyl (C=O) groups excluding carboxylic acids is 1. The van der Waals surface area contributed by atoms with Gasteiger partial charge in [-0.05, 0) is 43.6 Å². The largest absolute Gasteiger partial charge is 0.355 e. The minimum atomic E-state index is -3.29. The van der Waals surface area contributed by atoms with Gasteiger partial charge in [0, 0.05) is 19.5 Å². The Bertz CT molecular complexity index is 483. The Labute approximate surface area is 140 Å². The molecule has 23 heavy (non-hydrogen) atoms. The van der Waals surface area contributed by atoms with Crippen molar-refractivity contribution in [1.82, 2.24) is 10.0 Å². The van der Waals surface area contributed by atoms with Crippen LogP contribution in [0.2, 0.25) is 0 Å². The van der Waals surface area contributed by atoms with Gasteiger partial charge >= 0.3 is 0 Å². The van der Waals surface area contributed by atoms with E-state index in [0.717, 1.165) is 38.5 Å². The van der Waals surface area contributed by atoms with Crippen LogP contribution in [0.3, 0.4) is 0 Å². The summed E-state index contributed by atoms with van der Waals surface area (Å²) < 4.78 is 26.4. The molecule has 0 spiro atoms. The summed E-state index contributed by atoms with van der Waals surface area (Å²) >= 11 is 0. The van der Waals surface area contributed by atoms with Gasteiger partial charge in [-0.3, -0.25) is 4.79 Å². The van der Waals surface area contributed by atoms with Crippen molar-refractivity contribution < 1.29 is 13.2 Å². The average Bonchev–Trinajstić information content (AvgIpc) is 2.46. The molecular formula is C16H31N3O3S. The number of nitrogens with two attached hydrogens (primary N) is 1. The maximum Gasteiger partial charge on any atom is 0.220 e. The maximum atomic E-state index is 12.1. The predicted molar refractivity (Wildman–Crippen MR) is 91.3 cm³/mol. The van der Waals surface area contributed by atoms with Gasteiger partial charge in [-0.25, -0.2) is 13.1 Å². The van der Waals surface area contributed by atoms with Gasteiger partial charge in [0.1, 0.15) is 0 Å². The highest BCUT2D eigenvalue weighted by Gasteiger charge is 2.32. The smallest absolute Gasteiger partial charge is 0.220 e. The van der Waals surface area contributed by atoms with E-state index in [1.807, 2.05) is 0 Å². The van der Waals surface area contributed by atoms with E-state index < -0.39 is 10.0 Å². The second-order valence-corrected chi connectivity index (χ2v) is 9.18. The molecule has 6 nitrogen and oxygen atoms in total. The average molecular weight is 346 g/mol. The standard InChI is InChI=1S/C16H31N3O3S/c17-13-16(7-2-1-3-8-16)11-15(20)18-9-10-23(21,22)19-12-14-5-4-6-14/h14,19H,1-13,17H2,(H,18,20). The van der Waals surface area contributed by atoms with Crippen LogP contribution < -0.4 is 15.8 Å². The van der Waals surface area contributed by atoms with Crippen LogP contribution in [0.25, 0.3) is 0 Å². The van der Waals surface area contributed by atoms with Gasteiger partial charge < -0.3 is 11.1 Å². The third-order valence-electron chi connectivity index (χ3n) is 5.39. The van der Waals surface area contributed by atoms with Crippen molar-refractivity contribution in [2.24, 2.45) is 17.1 Å². The summed E-state index contributed by atoms with van der Waals surface area (Å²) in [6.07, 6.45) is 9.31. The van der Waals surface area contributed by atoms with E-state index in [1.54, 1.807) is 0 Å². The Morgan fingerprint density at radius 2 is 1.83 bits per heavy atom. The quantitative estimate of drug-likeness (QED) is 0.583. The van der Waals surface area contributed by atoms with Crippen molar-refractivity contribution in [1.29, 1.82) is 0 Å². The van der Waals surface area contributed by atoms with E-state index in [4.69, 9.17) is 5.73 Å². The SMILES string of the molecule is NCC1(CC(=O)NCCS(=O)(=O)NCC2CCC2)CCCCC1. The van der Waals surface area contributed by atoms with Gasteiger partial charge in [-0.15, -0.1) is 0 Å². The molecule has 0 atom stereocenters. The number of hydrogen-bond acceptors (Lipinski definition) is 4. The number of carbonyl (C=O) groups is 1. The Hall–Kier alpha value is -0.660. The number of sulfonamides is 1. The van der Waals surface area contributed by atoms with Crippen molar-refractivity contribution in [3.63, 3.8) is 0 Å². The molecule has 2 aliphatic rings. The van der Waals surface area contributed by atoms with E-state index >= 15 is 0 Å². The molecule has 0 radical (unpaired) electrons. The molecule has 7 heteroatoms. The van der Waals surface area contributed by atoms with Gasteiger partial charge in [0.15, 0.2) is 0 Å². The summed E-state index contributed by atoms with van der Waals surface area (Å²) in [5, 5.41) is 2.75. The molecule has 0 bridgehead atoms. The lowest BCUT2D eigenvalue weighted by atomic mass is 9.72. The van der Waals surface area contributed by atoms with E-state index in [-0.39, 0.29) is 23.6 Å². The summed E-state index contributed by atoms with van der Waals surface area (Å²) in [6, 6.07) is 0. The molecule has 2 saturated carbocycles. The molecule has 4 N–H and O–H groups in total. The molecule has 0 aromatic rings. The maximum absolute atomic E-state index is 12.1. The molecular weight excluding hydrogens is 314 g/mol. The Morgan fingerprint density at radius 3 is 2.39 bits per heavy atom. The lowest BCUT2D eigenvalue weighted by Crippen LogP contribution is -2.41. The molecule has 2 aliphatic carbocycles. The Morgan fingerprint density at radius 1 is 1.13 bits per heavy atom. The fraction of sp³-hybridized carbons (Fsp3) is 0.938. The van der Waals surface area contributed by atoms with Crippen LogP contribution in [0.15, 0.2) is 0 Å². The van der Waals surface area contributed by atoms with Crippen molar-refractivity contribution >= 4 is 15.9 Å². The molecule has 0 aromatic carbocycles. The lowest BCUT2D eigenvalue weighted by molar-refractivity contribution is -0.123.